The van der Waals surface area contributed by atoms with Gasteiger partial charge < -0.3 is 10.5 Å². The molecule has 2 aromatic carbocycles. The van der Waals surface area contributed by atoms with Crippen LogP contribution in [0.3, 0.4) is 0 Å². The highest BCUT2D eigenvalue weighted by molar-refractivity contribution is 9.10. The summed E-state index contributed by atoms with van der Waals surface area (Å²) in [6, 6.07) is 9.90. The summed E-state index contributed by atoms with van der Waals surface area (Å²) in [5.41, 5.74) is 6.72. The number of rotatable bonds is 3. The van der Waals surface area contributed by atoms with E-state index < -0.39 is 5.82 Å². The molecule has 0 aliphatic heterocycles. The SMILES string of the molecule is C[C@@H](N)c1ccccc1Oc1cc(F)c(Cl)cc1Br. The lowest BCUT2D eigenvalue weighted by atomic mass is 10.1. The smallest absolute Gasteiger partial charge is 0.145 e. The molecule has 0 aliphatic rings. The largest absolute Gasteiger partial charge is 0.456 e. The van der Waals surface area contributed by atoms with Crippen LogP contribution in [0, 0.1) is 5.82 Å². The van der Waals surface area contributed by atoms with Crippen molar-refractivity contribution in [2.24, 2.45) is 5.73 Å². The Balaban J connectivity index is 2.39. The zero-order chi connectivity index (χ0) is 14.0. The number of nitrogens with two attached hydrogens (primary N) is 1. The minimum absolute atomic E-state index is 0.0414. The third-order valence-corrected chi connectivity index (χ3v) is 3.51. The van der Waals surface area contributed by atoms with Crippen LogP contribution in [-0.2, 0) is 0 Å². The Bertz CT molecular complexity index is 604. The minimum Gasteiger partial charge on any atom is -0.456 e. The highest BCUT2D eigenvalue weighted by Gasteiger charge is 2.12. The van der Waals surface area contributed by atoms with Crippen molar-refractivity contribution in [3.8, 4) is 11.5 Å². The number of para-hydroxylation sites is 1. The molecule has 2 nitrogen and oxygen atoms in total. The van der Waals surface area contributed by atoms with Crippen molar-refractivity contribution >= 4 is 27.5 Å². The van der Waals surface area contributed by atoms with Gasteiger partial charge in [0.25, 0.3) is 0 Å². The first-order valence-corrected chi connectivity index (χ1v) is 6.83. The molecule has 0 fully saturated rings. The van der Waals surface area contributed by atoms with E-state index in [0.29, 0.717) is 16.0 Å². The molecule has 0 heterocycles. The van der Waals surface area contributed by atoms with E-state index in [1.165, 1.54) is 12.1 Å². The number of hydrogen-bond donors (Lipinski definition) is 1. The molecular weight excluding hydrogens is 333 g/mol. The molecular formula is C14H12BrClFNO. The van der Waals surface area contributed by atoms with Gasteiger partial charge in [0.05, 0.1) is 9.50 Å². The molecule has 19 heavy (non-hydrogen) atoms. The molecule has 0 aromatic heterocycles. The fourth-order valence-electron chi connectivity index (χ4n) is 1.65. The summed E-state index contributed by atoms with van der Waals surface area (Å²) in [6.07, 6.45) is 0. The zero-order valence-corrected chi connectivity index (χ0v) is 12.5. The fraction of sp³-hybridized carbons (Fsp3) is 0.143. The molecule has 2 N–H and O–H groups in total. The summed E-state index contributed by atoms with van der Waals surface area (Å²) in [4.78, 5) is 0. The van der Waals surface area contributed by atoms with Gasteiger partial charge in [-0.1, -0.05) is 29.8 Å². The van der Waals surface area contributed by atoms with Crippen LogP contribution >= 0.6 is 27.5 Å². The maximum absolute atomic E-state index is 13.5. The van der Waals surface area contributed by atoms with E-state index >= 15 is 0 Å². The average molecular weight is 345 g/mol. The second-order valence-electron chi connectivity index (χ2n) is 4.13. The van der Waals surface area contributed by atoms with E-state index in [1.807, 2.05) is 25.1 Å². The summed E-state index contributed by atoms with van der Waals surface area (Å²) < 4.78 is 19.8. The van der Waals surface area contributed by atoms with Crippen molar-refractivity contribution in [3.63, 3.8) is 0 Å². The van der Waals surface area contributed by atoms with Gasteiger partial charge in [-0.05, 0) is 35.0 Å². The van der Waals surface area contributed by atoms with Gasteiger partial charge >= 0.3 is 0 Å². The average Bonchev–Trinajstić information content (AvgIpc) is 2.36. The van der Waals surface area contributed by atoms with Crippen molar-refractivity contribution < 1.29 is 9.13 Å². The summed E-state index contributed by atoms with van der Waals surface area (Å²) in [5, 5.41) is 0.0414. The number of hydrogen-bond acceptors (Lipinski definition) is 2. The third-order valence-electron chi connectivity index (χ3n) is 2.60. The van der Waals surface area contributed by atoms with Crippen molar-refractivity contribution in [1.82, 2.24) is 0 Å². The van der Waals surface area contributed by atoms with Gasteiger partial charge in [0.1, 0.15) is 17.3 Å². The van der Waals surface area contributed by atoms with E-state index in [0.717, 1.165) is 5.56 Å². The molecule has 0 unspecified atom stereocenters. The minimum atomic E-state index is -0.529. The zero-order valence-electron chi connectivity index (χ0n) is 10.2. The van der Waals surface area contributed by atoms with Gasteiger partial charge in [-0.2, -0.15) is 0 Å². The third kappa shape index (κ3) is 3.26. The second kappa shape index (κ2) is 5.90. The Kier molecular flexibility index (Phi) is 4.45. The van der Waals surface area contributed by atoms with Crippen molar-refractivity contribution in [3.05, 3.63) is 57.3 Å². The van der Waals surface area contributed by atoms with E-state index in [4.69, 9.17) is 22.1 Å². The lowest BCUT2D eigenvalue weighted by Crippen LogP contribution is -2.06. The Morgan fingerprint density at radius 1 is 1.26 bits per heavy atom. The van der Waals surface area contributed by atoms with E-state index in [1.54, 1.807) is 6.07 Å². The Morgan fingerprint density at radius 2 is 1.95 bits per heavy atom. The molecule has 0 bridgehead atoms. The van der Waals surface area contributed by atoms with Crippen molar-refractivity contribution in [2.45, 2.75) is 13.0 Å². The van der Waals surface area contributed by atoms with E-state index in [9.17, 15) is 4.39 Å². The topological polar surface area (TPSA) is 35.2 Å². The summed E-state index contributed by atoms with van der Waals surface area (Å²) in [6.45, 7) is 1.86. The Hall–Kier alpha value is -1.10. The molecule has 0 spiro atoms. The van der Waals surface area contributed by atoms with Crippen LogP contribution in [0.2, 0.25) is 5.02 Å². The van der Waals surface area contributed by atoms with Gasteiger partial charge in [-0.15, -0.1) is 0 Å². The first-order chi connectivity index (χ1) is 8.99. The second-order valence-corrected chi connectivity index (χ2v) is 5.39. The molecule has 0 aliphatic carbocycles. The Morgan fingerprint density at radius 3 is 2.63 bits per heavy atom. The molecule has 2 aromatic rings. The van der Waals surface area contributed by atoms with Gasteiger partial charge in [-0.25, -0.2) is 4.39 Å². The molecule has 2 rings (SSSR count). The quantitative estimate of drug-likeness (QED) is 0.790. The molecule has 100 valence electrons. The lowest BCUT2D eigenvalue weighted by molar-refractivity contribution is 0.464. The van der Waals surface area contributed by atoms with Crippen LogP contribution in [0.1, 0.15) is 18.5 Å². The predicted octanol–water partition coefficient (Wildman–Crippen LogP) is 5.05. The molecule has 1 atom stereocenters. The van der Waals surface area contributed by atoms with Crippen molar-refractivity contribution in [2.75, 3.05) is 0 Å². The van der Waals surface area contributed by atoms with Gasteiger partial charge in [-0.3, -0.25) is 0 Å². The maximum atomic E-state index is 13.5. The van der Waals surface area contributed by atoms with Crippen LogP contribution in [0.25, 0.3) is 0 Å². The van der Waals surface area contributed by atoms with Crippen LogP contribution in [0.5, 0.6) is 11.5 Å². The van der Waals surface area contributed by atoms with Crippen LogP contribution in [0.15, 0.2) is 40.9 Å². The van der Waals surface area contributed by atoms with E-state index in [2.05, 4.69) is 15.9 Å². The molecule has 5 heteroatoms. The van der Waals surface area contributed by atoms with Crippen molar-refractivity contribution in [1.29, 1.82) is 0 Å². The van der Waals surface area contributed by atoms with Gasteiger partial charge in [0, 0.05) is 17.7 Å². The number of benzene rings is 2. The van der Waals surface area contributed by atoms with Gasteiger partial charge in [0.15, 0.2) is 0 Å². The van der Waals surface area contributed by atoms with E-state index in [-0.39, 0.29) is 11.1 Å². The summed E-state index contributed by atoms with van der Waals surface area (Å²) in [7, 11) is 0. The fourth-order valence-corrected chi connectivity index (χ4v) is 2.37. The normalized spacial score (nSPS) is 12.3. The molecule has 0 amide bonds. The lowest BCUT2D eigenvalue weighted by Gasteiger charge is -2.14. The predicted molar refractivity (Wildman–Crippen MR) is 78.2 cm³/mol. The molecule has 0 radical (unpaired) electrons. The van der Waals surface area contributed by atoms with Crippen LogP contribution in [-0.4, -0.2) is 0 Å². The maximum Gasteiger partial charge on any atom is 0.145 e. The highest BCUT2D eigenvalue weighted by Crippen LogP contribution is 2.35. The highest BCUT2D eigenvalue weighted by atomic mass is 79.9. The standard InChI is InChI=1S/C14H12BrClFNO/c1-8(18)9-4-2-3-5-13(9)19-14-7-12(17)11(16)6-10(14)15/h2-8H,18H2,1H3/t8-/m1/s1. The Labute approximate surface area is 124 Å². The first-order valence-electron chi connectivity index (χ1n) is 5.66. The first kappa shape index (κ1) is 14.3. The summed E-state index contributed by atoms with van der Waals surface area (Å²) in [5.74, 6) is 0.424. The van der Waals surface area contributed by atoms with Crippen LogP contribution in [0.4, 0.5) is 4.39 Å². The molecule has 0 saturated heterocycles. The van der Waals surface area contributed by atoms with Crippen LogP contribution < -0.4 is 10.5 Å². The summed E-state index contributed by atoms with van der Waals surface area (Å²) >= 11 is 8.98. The monoisotopic (exact) mass is 343 g/mol. The number of halogens is 3. The number of ether oxygens (including phenoxy) is 1. The van der Waals surface area contributed by atoms with Gasteiger partial charge in [0.2, 0.25) is 0 Å². The molecule has 0 saturated carbocycles.